The molecule has 0 atom stereocenters. The van der Waals surface area contributed by atoms with Crippen LogP contribution in [0.2, 0.25) is 0 Å². The molecule has 0 aliphatic heterocycles. The SMILES string of the molecule is COCc1nc2nc(-c3ccccc3)nn2c(N)c1-c1ccc(Br)cc1. The minimum atomic E-state index is 0.333. The van der Waals surface area contributed by atoms with Crippen LogP contribution in [0.5, 0.6) is 0 Å². The molecule has 0 saturated carbocycles. The largest absolute Gasteiger partial charge is 0.383 e. The van der Waals surface area contributed by atoms with Gasteiger partial charge < -0.3 is 10.5 Å². The van der Waals surface area contributed by atoms with Gasteiger partial charge in [0.15, 0.2) is 5.82 Å². The number of nitrogens with two attached hydrogens (primary N) is 1. The number of methoxy groups -OCH3 is 1. The van der Waals surface area contributed by atoms with E-state index in [2.05, 4.69) is 31.0 Å². The van der Waals surface area contributed by atoms with Crippen molar-refractivity contribution in [1.29, 1.82) is 0 Å². The Hall–Kier alpha value is -2.77. The molecule has 0 spiro atoms. The van der Waals surface area contributed by atoms with Crippen LogP contribution in [0.1, 0.15) is 5.69 Å². The van der Waals surface area contributed by atoms with Crippen LogP contribution < -0.4 is 5.73 Å². The van der Waals surface area contributed by atoms with Crippen molar-refractivity contribution in [1.82, 2.24) is 19.6 Å². The Kier molecular flexibility index (Phi) is 4.40. The van der Waals surface area contributed by atoms with E-state index in [0.29, 0.717) is 24.0 Å². The summed E-state index contributed by atoms with van der Waals surface area (Å²) in [6.45, 7) is 0.333. The highest BCUT2D eigenvalue weighted by molar-refractivity contribution is 9.10. The lowest BCUT2D eigenvalue weighted by molar-refractivity contribution is 0.182. The maximum Gasteiger partial charge on any atom is 0.255 e. The van der Waals surface area contributed by atoms with Gasteiger partial charge in [-0.25, -0.2) is 4.98 Å². The van der Waals surface area contributed by atoms with Crippen molar-refractivity contribution in [3.63, 3.8) is 0 Å². The number of nitrogens with zero attached hydrogens (tertiary/aromatic N) is 4. The highest BCUT2D eigenvalue weighted by Crippen LogP contribution is 2.31. The Morgan fingerprint density at radius 1 is 1.00 bits per heavy atom. The summed E-state index contributed by atoms with van der Waals surface area (Å²) in [5.41, 5.74) is 9.86. The summed E-state index contributed by atoms with van der Waals surface area (Å²) in [5, 5.41) is 4.56. The number of fused-ring (bicyclic) bond motifs is 1. The predicted octanol–water partition coefficient (Wildman–Crippen LogP) is 3.95. The second-order valence-electron chi connectivity index (χ2n) is 5.77. The van der Waals surface area contributed by atoms with Gasteiger partial charge >= 0.3 is 0 Å². The highest BCUT2D eigenvalue weighted by atomic mass is 79.9. The molecule has 2 aromatic heterocycles. The Morgan fingerprint density at radius 2 is 1.73 bits per heavy atom. The minimum absolute atomic E-state index is 0.333. The molecule has 0 amide bonds. The zero-order valence-corrected chi connectivity index (χ0v) is 15.6. The molecule has 0 unspecified atom stereocenters. The van der Waals surface area contributed by atoms with Crippen LogP contribution in [0.25, 0.3) is 28.3 Å². The molecule has 0 aliphatic rings. The first-order valence-electron chi connectivity index (χ1n) is 8.03. The maximum absolute atomic E-state index is 6.46. The van der Waals surface area contributed by atoms with Crippen molar-refractivity contribution in [3.05, 3.63) is 64.8 Å². The van der Waals surface area contributed by atoms with Gasteiger partial charge in [-0.3, -0.25) is 0 Å². The Balaban J connectivity index is 1.94. The maximum atomic E-state index is 6.46. The molecule has 0 saturated heterocycles. The van der Waals surface area contributed by atoms with Gasteiger partial charge in [-0.2, -0.15) is 9.50 Å². The third-order valence-corrected chi connectivity index (χ3v) is 4.57. The quantitative estimate of drug-likeness (QED) is 0.551. The third-order valence-electron chi connectivity index (χ3n) is 4.04. The molecule has 0 radical (unpaired) electrons. The smallest absolute Gasteiger partial charge is 0.255 e. The molecule has 26 heavy (non-hydrogen) atoms. The fourth-order valence-electron chi connectivity index (χ4n) is 2.85. The van der Waals surface area contributed by atoms with E-state index in [4.69, 9.17) is 10.5 Å². The van der Waals surface area contributed by atoms with Crippen LogP contribution in [0.15, 0.2) is 59.1 Å². The first-order chi connectivity index (χ1) is 12.7. The molecule has 0 fully saturated rings. The van der Waals surface area contributed by atoms with Crippen molar-refractivity contribution >= 4 is 27.5 Å². The van der Waals surface area contributed by atoms with E-state index < -0.39 is 0 Å². The van der Waals surface area contributed by atoms with E-state index in [9.17, 15) is 0 Å². The van der Waals surface area contributed by atoms with E-state index in [1.54, 1.807) is 11.6 Å². The summed E-state index contributed by atoms with van der Waals surface area (Å²) in [5.74, 6) is 1.52. The van der Waals surface area contributed by atoms with Gasteiger partial charge in [0, 0.05) is 22.7 Å². The van der Waals surface area contributed by atoms with E-state index in [1.165, 1.54) is 0 Å². The first-order valence-corrected chi connectivity index (χ1v) is 8.82. The van der Waals surface area contributed by atoms with Gasteiger partial charge in [0.1, 0.15) is 5.82 Å². The van der Waals surface area contributed by atoms with Gasteiger partial charge in [-0.1, -0.05) is 58.4 Å². The first kappa shape index (κ1) is 16.7. The number of hydrogen-bond acceptors (Lipinski definition) is 5. The number of benzene rings is 2. The summed E-state index contributed by atoms with van der Waals surface area (Å²) < 4.78 is 7.90. The van der Waals surface area contributed by atoms with E-state index in [0.717, 1.165) is 26.9 Å². The van der Waals surface area contributed by atoms with Crippen LogP contribution >= 0.6 is 15.9 Å². The lowest BCUT2D eigenvalue weighted by Gasteiger charge is -2.12. The number of ether oxygens (including phenoxy) is 1. The Labute approximate surface area is 158 Å². The molecule has 0 bridgehead atoms. The molecule has 4 rings (SSSR count). The molecule has 2 N–H and O–H groups in total. The second-order valence-corrected chi connectivity index (χ2v) is 6.69. The van der Waals surface area contributed by atoms with Crippen molar-refractivity contribution < 1.29 is 4.74 Å². The van der Waals surface area contributed by atoms with Crippen molar-refractivity contribution in [3.8, 4) is 22.5 Å². The Morgan fingerprint density at radius 3 is 2.42 bits per heavy atom. The standard InChI is InChI=1S/C19H16BrN5O/c1-26-11-15-16(12-7-9-14(20)10-8-12)17(21)25-19(22-15)23-18(24-25)13-5-3-2-4-6-13/h2-10H,11,21H2,1H3. The molecule has 4 aromatic rings. The molecule has 7 heteroatoms. The van der Waals surface area contributed by atoms with E-state index in [-0.39, 0.29) is 0 Å². The van der Waals surface area contributed by atoms with Gasteiger partial charge in [-0.15, -0.1) is 5.10 Å². The average molecular weight is 410 g/mol. The molecule has 6 nitrogen and oxygen atoms in total. The average Bonchev–Trinajstić information content (AvgIpc) is 3.09. The van der Waals surface area contributed by atoms with Gasteiger partial charge in [0.05, 0.1) is 12.3 Å². The summed E-state index contributed by atoms with van der Waals surface area (Å²) >= 11 is 3.46. The normalized spacial score (nSPS) is 11.2. The van der Waals surface area contributed by atoms with E-state index in [1.807, 2.05) is 54.6 Å². The summed E-state index contributed by atoms with van der Waals surface area (Å²) in [6.07, 6.45) is 0. The molecule has 130 valence electrons. The topological polar surface area (TPSA) is 78.3 Å². The highest BCUT2D eigenvalue weighted by Gasteiger charge is 2.18. The Bertz CT molecular complexity index is 1060. The third kappa shape index (κ3) is 2.95. The summed E-state index contributed by atoms with van der Waals surface area (Å²) in [7, 11) is 1.63. The zero-order valence-electron chi connectivity index (χ0n) is 14.1. The van der Waals surface area contributed by atoms with Crippen molar-refractivity contribution in [2.75, 3.05) is 12.8 Å². The minimum Gasteiger partial charge on any atom is -0.383 e. The summed E-state index contributed by atoms with van der Waals surface area (Å²) in [4.78, 5) is 9.18. The molecule has 0 aliphatic carbocycles. The van der Waals surface area contributed by atoms with Gasteiger partial charge in [0.2, 0.25) is 0 Å². The number of anilines is 1. The van der Waals surface area contributed by atoms with Crippen LogP contribution in [-0.2, 0) is 11.3 Å². The fraction of sp³-hybridized carbons (Fsp3) is 0.105. The van der Waals surface area contributed by atoms with Crippen LogP contribution in [0.4, 0.5) is 5.82 Å². The molecule has 2 aromatic carbocycles. The zero-order chi connectivity index (χ0) is 18.1. The van der Waals surface area contributed by atoms with Crippen molar-refractivity contribution in [2.24, 2.45) is 0 Å². The summed E-state index contributed by atoms with van der Waals surface area (Å²) in [6, 6.07) is 17.7. The number of halogens is 1. The monoisotopic (exact) mass is 409 g/mol. The molecular weight excluding hydrogens is 394 g/mol. The molecular formula is C19H16BrN5O. The number of hydrogen-bond donors (Lipinski definition) is 1. The number of nitrogen functional groups attached to an aromatic ring is 1. The van der Waals surface area contributed by atoms with E-state index >= 15 is 0 Å². The van der Waals surface area contributed by atoms with Crippen LogP contribution in [0.3, 0.4) is 0 Å². The number of rotatable bonds is 4. The number of aromatic nitrogens is 4. The predicted molar refractivity (Wildman–Crippen MR) is 104 cm³/mol. The fourth-order valence-corrected chi connectivity index (χ4v) is 3.11. The van der Waals surface area contributed by atoms with Gasteiger partial charge in [0.25, 0.3) is 5.78 Å². The molecule has 2 heterocycles. The van der Waals surface area contributed by atoms with Crippen LogP contribution in [-0.4, -0.2) is 26.7 Å². The second kappa shape index (κ2) is 6.86. The lowest BCUT2D eigenvalue weighted by atomic mass is 10.0. The lowest BCUT2D eigenvalue weighted by Crippen LogP contribution is -2.08. The van der Waals surface area contributed by atoms with Crippen LogP contribution in [0, 0.1) is 0 Å². The van der Waals surface area contributed by atoms with Gasteiger partial charge in [-0.05, 0) is 17.7 Å². The van der Waals surface area contributed by atoms with Crippen molar-refractivity contribution in [2.45, 2.75) is 6.61 Å².